The molecule has 0 fully saturated rings. The molecule has 5 aromatic carbocycles. The van der Waals surface area contributed by atoms with Gasteiger partial charge in [0.05, 0.1) is 11.4 Å². The van der Waals surface area contributed by atoms with Crippen LogP contribution in [0.15, 0.2) is 152 Å². The summed E-state index contributed by atoms with van der Waals surface area (Å²) in [5, 5.41) is 3.63. The molecule has 3 N–H and O–H groups in total. The van der Waals surface area contributed by atoms with Crippen molar-refractivity contribution >= 4 is 34.1 Å². The number of nitrogens with two attached hydrogens (primary N) is 1. The van der Waals surface area contributed by atoms with Gasteiger partial charge in [0, 0.05) is 39.4 Å². The third-order valence-electron chi connectivity index (χ3n) is 6.92. The zero-order valence-electron chi connectivity index (χ0n) is 21.6. The minimum atomic E-state index is 0.742. The highest BCUT2D eigenvalue weighted by atomic mass is 15.2. The zero-order chi connectivity index (χ0) is 26.6. The van der Waals surface area contributed by atoms with Crippen LogP contribution in [0.2, 0.25) is 0 Å². The number of nitrogens with zero attached hydrogens (tertiary/aromatic N) is 1. The minimum Gasteiger partial charge on any atom is -0.398 e. The second kappa shape index (κ2) is 10.6. The fraction of sp³-hybridized carbons (Fsp3) is 0. The Balaban J connectivity index is 1.35. The predicted molar refractivity (Wildman–Crippen MR) is 167 cm³/mol. The summed E-state index contributed by atoms with van der Waals surface area (Å²) in [4.78, 5) is 2.27. The van der Waals surface area contributed by atoms with E-state index in [9.17, 15) is 0 Å². The first kappa shape index (κ1) is 24.1. The third kappa shape index (κ3) is 4.74. The maximum absolute atomic E-state index is 6.54. The van der Waals surface area contributed by atoms with E-state index in [0.717, 1.165) is 45.1 Å². The quantitative estimate of drug-likeness (QED) is 0.172. The number of benzene rings is 5. The molecule has 39 heavy (non-hydrogen) atoms. The number of anilines is 5. The number of rotatable bonds is 7. The van der Waals surface area contributed by atoms with Crippen LogP contribution in [0.1, 0.15) is 5.56 Å². The number of fused-ring (bicyclic) bond motifs is 1. The van der Waals surface area contributed by atoms with Gasteiger partial charge in [-0.15, -0.1) is 0 Å². The average molecular weight is 504 g/mol. The van der Waals surface area contributed by atoms with Gasteiger partial charge in [-0.2, -0.15) is 0 Å². The van der Waals surface area contributed by atoms with Gasteiger partial charge >= 0.3 is 0 Å². The Labute approximate surface area is 229 Å². The number of nitrogens with one attached hydrogen (secondary N) is 1. The van der Waals surface area contributed by atoms with E-state index in [2.05, 4.69) is 132 Å². The molecule has 0 spiro atoms. The number of hydrogen-bond acceptors (Lipinski definition) is 3. The number of para-hydroxylation sites is 2. The minimum absolute atomic E-state index is 0.742. The Kier molecular flexibility index (Phi) is 6.55. The molecule has 1 aliphatic rings. The Morgan fingerprint density at radius 3 is 2.23 bits per heavy atom. The summed E-state index contributed by atoms with van der Waals surface area (Å²) < 4.78 is 0. The molecule has 0 unspecified atom stereocenters. The molecular formula is C36H29N3. The molecule has 0 radical (unpaired) electrons. The van der Waals surface area contributed by atoms with E-state index in [1.165, 1.54) is 16.8 Å². The molecular weight excluding hydrogens is 474 g/mol. The summed E-state index contributed by atoms with van der Waals surface area (Å²) in [6, 6.07) is 41.9. The van der Waals surface area contributed by atoms with Gasteiger partial charge in [0.2, 0.25) is 0 Å². The van der Waals surface area contributed by atoms with E-state index in [1.54, 1.807) is 6.08 Å². The van der Waals surface area contributed by atoms with Gasteiger partial charge < -0.3 is 16.0 Å². The number of nitrogen functional groups attached to an aromatic ring is 1. The molecule has 0 aliphatic carbocycles. The third-order valence-corrected chi connectivity index (χ3v) is 6.92. The molecule has 5 aromatic rings. The molecule has 188 valence electrons. The SMILES string of the molecule is C=C/C=C\C=C1\c2ccccc2N1c1ccc(N)c(-c2cccc(Nc3ccccc3-c3ccccc3)c2)c1. The predicted octanol–water partition coefficient (Wildman–Crippen LogP) is 9.58. The topological polar surface area (TPSA) is 41.3 Å². The van der Waals surface area contributed by atoms with Crippen molar-refractivity contribution in [1.82, 2.24) is 0 Å². The molecule has 0 bridgehead atoms. The van der Waals surface area contributed by atoms with E-state index in [4.69, 9.17) is 5.73 Å². The van der Waals surface area contributed by atoms with E-state index in [-0.39, 0.29) is 0 Å². The summed E-state index contributed by atoms with van der Waals surface area (Å²) in [6.45, 7) is 3.78. The van der Waals surface area contributed by atoms with Crippen molar-refractivity contribution in [2.24, 2.45) is 0 Å². The van der Waals surface area contributed by atoms with Crippen molar-refractivity contribution < 1.29 is 0 Å². The highest BCUT2D eigenvalue weighted by Crippen LogP contribution is 2.48. The first-order valence-electron chi connectivity index (χ1n) is 13.0. The van der Waals surface area contributed by atoms with Crippen LogP contribution in [0.3, 0.4) is 0 Å². The standard InChI is InChI=1S/C36H29N3/c1-2-3-5-20-35-31-18-9-11-21-36(31)39(35)29-22-23-33(37)32(25-29)27-15-12-16-28(24-27)38-34-19-10-8-17-30(34)26-13-6-4-7-14-26/h2-25,38H,1,37H2/b5-3-,35-20-. The molecule has 3 heteroatoms. The fourth-order valence-electron chi connectivity index (χ4n) is 5.07. The molecule has 3 nitrogen and oxygen atoms in total. The first-order valence-corrected chi connectivity index (χ1v) is 13.0. The van der Waals surface area contributed by atoms with Crippen molar-refractivity contribution in [2.45, 2.75) is 0 Å². The lowest BCUT2D eigenvalue weighted by Crippen LogP contribution is -2.26. The molecule has 0 saturated heterocycles. The van der Waals surface area contributed by atoms with Gasteiger partial charge in [-0.05, 0) is 59.7 Å². The smallest absolute Gasteiger partial charge is 0.0555 e. The van der Waals surface area contributed by atoms with E-state index >= 15 is 0 Å². The van der Waals surface area contributed by atoms with Crippen LogP contribution >= 0.6 is 0 Å². The molecule has 1 heterocycles. The van der Waals surface area contributed by atoms with Crippen molar-refractivity contribution in [2.75, 3.05) is 16.0 Å². The maximum atomic E-state index is 6.54. The Morgan fingerprint density at radius 1 is 0.641 bits per heavy atom. The average Bonchev–Trinajstić information content (AvgIpc) is 2.97. The number of hydrogen-bond donors (Lipinski definition) is 2. The molecule has 1 aliphatic heterocycles. The van der Waals surface area contributed by atoms with E-state index < -0.39 is 0 Å². The van der Waals surface area contributed by atoms with Crippen molar-refractivity contribution in [1.29, 1.82) is 0 Å². The van der Waals surface area contributed by atoms with Crippen LogP contribution in [-0.4, -0.2) is 0 Å². The van der Waals surface area contributed by atoms with Gasteiger partial charge in [0.25, 0.3) is 0 Å². The van der Waals surface area contributed by atoms with E-state index in [0.29, 0.717) is 0 Å². The summed E-state index contributed by atoms with van der Waals surface area (Å²) in [5.74, 6) is 0. The van der Waals surface area contributed by atoms with Crippen molar-refractivity contribution in [3.63, 3.8) is 0 Å². The fourth-order valence-corrected chi connectivity index (χ4v) is 5.07. The second-order valence-electron chi connectivity index (χ2n) is 9.41. The number of allylic oxidation sites excluding steroid dienone is 4. The van der Waals surface area contributed by atoms with Crippen molar-refractivity contribution in [3.05, 3.63) is 158 Å². The molecule has 6 rings (SSSR count). The van der Waals surface area contributed by atoms with Crippen molar-refractivity contribution in [3.8, 4) is 22.3 Å². The Bertz CT molecular complexity index is 1710. The second-order valence-corrected chi connectivity index (χ2v) is 9.41. The van der Waals surface area contributed by atoms with Crippen LogP contribution in [0.25, 0.3) is 28.0 Å². The monoisotopic (exact) mass is 503 g/mol. The highest BCUT2D eigenvalue weighted by Gasteiger charge is 2.29. The van der Waals surface area contributed by atoms with E-state index in [1.807, 2.05) is 24.3 Å². The van der Waals surface area contributed by atoms with Crippen LogP contribution in [0.5, 0.6) is 0 Å². The van der Waals surface area contributed by atoms with Gasteiger partial charge in [0.15, 0.2) is 0 Å². The maximum Gasteiger partial charge on any atom is 0.0555 e. The lowest BCUT2D eigenvalue weighted by atomic mass is 9.95. The first-order chi connectivity index (χ1) is 19.2. The summed E-state index contributed by atoms with van der Waals surface area (Å²) in [5.41, 5.74) is 18.4. The van der Waals surface area contributed by atoms with Crippen LogP contribution in [-0.2, 0) is 0 Å². The van der Waals surface area contributed by atoms with Crippen LogP contribution in [0.4, 0.5) is 28.4 Å². The lowest BCUT2D eigenvalue weighted by molar-refractivity contribution is 1.21. The van der Waals surface area contributed by atoms with Gasteiger partial charge in [-0.25, -0.2) is 0 Å². The van der Waals surface area contributed by atoms with Crippen LogP contribution < -0.4 is 16.0 Å². The normalized spacial score (nSPS) is 13.2. The summed E-state index contributed by atoms with van der Waals surface area (Å²) in [7, 11) is 0. The molecule has 0 atom stereocenters. The zero-order valence-corrected chi connectivity index (χ0v) is 21.6. The van der Waals surface area contributed by atoms with Crippen LogP contribution in [0, 0.1) is 0 Å². The van der Waals surface area contributed by atoms with Gasteiger partial charge in [-0.1, -0.05) is 104 Å². The molecule has 0 saturated carbocycles. The molecule has 0 amide bonds. The summed E-state index contributed by atoms with van der Waals surface area (Å²) in [6.07, 6.45) is 7.86. The lowest BCUT2D eigenvalue weighted by Gasteiger charge is -2.39. The Morgan fingerprint density at radius 2 is 1.38 bits per heavy atom. The highest BCUT2D eigenvalue weighted by molar-refractivity contribution is 6.04. The largest absolute Gasteiger partial charge is 0.398 e. The molecule has 0 aromatic heterocycles. The van der Waals surface area contributed by atoms with Gasteiger partial charge in [-0.3, -0.25) is 0 Å². The summed E-state index contributed by atoms with van der Waals surface area (Å²) >= 11 is 0. The Hall–Kier alpha value is -5.28. The van der Waals surface area contributed by atoms with Gasteiger partial charge in [0.1, 0.15) is 0 Å².